The Morgan fingerprint density at radius 1 is 1.17 bits per heavy atom. The van der Waals surface area contributed by atoms with Gasteiger partial charge in [-0.05, 0) is 54.6 Å². The van der Waals surface area contributed by atoms with Crippen LogP contribution in [-0.2, 0) is 0 Å². The summed E-state index contributed by atoms with van der Waals surface area (Å²) in [7, 11) is 1.68. The molecule has 0 saturated carbocycles. The van der Waals surface area contributed by atoms with Crippen LogP contribution in [0.25, 0.3) is 22.3 Å². The minimum atomic E-state index is 0.254. The van der Waals surface area contributed by atoms with Crippen LogP contribution in [0.15, 0.2) is 22.6 Å². The fraction of sp³-hybridized carbons (Fsp3) is 0.333. The molecule has 0 bridgehead atoms. The van der Waals surface area contributed by atoms with E-state index in [-0.39, 0.29) is 5.92 Å². The first-order valence-corrected chi connectivity index (χ1v) is 8.61. The Morgan fingerprint density at radius 3 is 2.52 bits per heavy atom. The fourth-order valence-corrected chi connectivity index (χ4v) is 3.34. The largest absolute Gasteiger partial charge is 0.496 e. The second-order valence-corrected chi connectivity index (χ2v) is 7.05. The van der Waals surface area contributed by atoms with Crippen LogP contribution in [0.5, 0.6) is 5.75 Å². The zero-order valence-electron chi connectivity index (χ0n) is 13.9. The maximum absolute atomic E-state index is 5.78. The Hall–Kier alpha value is -1.63. The van der Waals surface area contributed by atoms with E-state index in [0.717, 1.165) is 48.8 Å². The molecule has 5 heteroatoms. The van der Waals surface area contributed by atoms with E-state index in [2.05, 4.69) is 53.6 Å². The number of hydrogen-bond donors (Lipinski definition) is 0. The number of oxazole rings is 1. The zero-order chi connectivity index (χ0) is 16.7. The summed E-state index contributed by atoms with van der Waals surface area (Å²) in [5, 5.41) is 1.12. The van der Waals surface area contributed by atoms with Gasteiger partial charge < -0.3 is 9.15 Å². The van der Waals surface area contributed by atoms with Gasteiger partial charge in [-0.2, -0.15) is 0 Å². The van der Waals surface area contributed by atoms with Crippen molar-refractivity contribution in [1.29, 1.82) is 0 Å². The number of pyridine rings is 1. The van der Waals surface area contributed by atoms with E-state index >= 15 is 0 Å². The molecule has 0 aliphatic carbocycles. The van der Waals surface area contributed by atoms with Gasteiger partial charge in [-0.3, -0.25) is 0 Å². The highest BCUT2D eigenvalue weighted by molar-refractivity contribution is 14.1. The van der Waals surface area contributed by atoms with Gasteiger partial charge in [0.05, 0.1) is 18.3 Å². The SMILES string of the molecule is COc1ccc2c(I)cc(-c3nc(C(C)C)oc3C)nc2c1C. The molecule has 0 saturated heterocycles. The number of aryl methyl sites for hydroxylation is 2. The molecular formula is C18H19IN2O2. The Balaban J connectivity index is 2.25. The molecule has 3 rings (SSSR count). The average Bonchev–Trinajstić information content (AvgIpc) is 2.90. The summed E-state index contributed by atoms with van der Waals surface area (Å²) >= 11 is 2.34. The van der Waals surface area contributed by atoms with E-state index in [1.165, 1.54) is 0 Å². The van der Waals surface area contributed by atoms with Crippen molar-refractivity contribution >= 4 is 33.5 Å². The minimum Gasteiger partial charge on any atom is -0.496 e. The number of nitrogens with zero attached hydrogens (tertiary/aromatic N) is 2. The summed E-state index contributed by atoms with van der Waals surface area (Å²) in [5.41, 5.74) is 3.64. The highest BCUT2D eigenvalue weighted by atomic mass is 127. The van der Waals surface area contributed by atoms with Crippen molar-refractivity contribution in [3.63, 3.8) is 0 Å². The van der Waals surface area contributed by atoms with Crippen molar-refractivity contribution in [2.24, 2.45) is 0 Å². The monoisotopic (exact) mass is 422 g/mol. The molecule has 0 aliphatic rings. The van der Waals surface area contributed by atoms with Crippen molar-refractivity contribution in [2.75, 3.05) is 7.11 Å². The highest BCUT2D eigenvalue weighted by Crippen LogP contribution is 2.33. The zero-order valence-corrected chi connectivity index (χ0v) is 16.1. The first-order valence-electron chi connectivity index (χ1n) is 7.54. The molecule has 0 spiro atoms. The van der Waals surface area contributed by atoms with Gasteiger partial charge in [-0.1, -0.05) is 13.8 Å². The van der Waals surface area contributed by atoms with Crippen molar-refractivity contribution in [3.8, 4) is 17.1 Å². The van der Waals surface area contributed by atoms with Crippen LogP contribution >= 0.6 is 22.6 Å². The van der Waals surface area contributed by atoms with Gasteiger partial charge in [-0.25, -0.2) is 9.97 Å². The van der Waals surface area contributed by atoms with E-state index in [9.17, 15) is 0 Å². The Labute approximate surface area is 149 Å². The quantitative estimate of drug-likeness (QED) is 0.542. The summed E-state index contributed by atoms with van der Waals surface area (Å²) < 4.78 is 12.3. The van der Waals surface area contributed by atoms with Gasteiger partial charge in [0, 0.05) is 20.4 Å². The van der Waals surface area contributed by atoms with Crippen molar-refractivity contribution < 1.29 is 9.15 Å². The molecule has 0 amide bonds. The minimum absolute atomic E-state index is 0.254. The predicted octanol–water partition coefficient (Wildman–Crippen LogP) is 5.24. The third kappa shape index (κ3) is 2.82. The average molecular weight is 422 g/mol. The first kappa shape index (κ1) is 16.2. The molecule has 0 fully saturated rings. The molecule has 3 aromatic rings. The first-order chi connectivity index (χ1) is 10.9. The number of aromatic nitrogens is 2. The van der Waals surface area contributed by atoms with E-state index in [4.69, 9.17) is 14.1 Å². The van der Waals surface area contributed by atoms with E-state index in [1.807, 2.05) is 19.9 Å². The van der Waals surface area contributed by atoms with E-state index < -0.39 is 0 Å². The number of halogens is 1. The second kappa shape index (κ2) is 6.11. The summed E-state index contributed by atoms with van der Waals surface area (Å²) in [4.78, 5) is 9.48. The lowest BCUT2D eigenvalue weighted by Crippen LogP contribution is -1.95. The lowest BCUT2D eigenvalue weighted by atomic mass is 10.1. The summed E-state index contributed by atoms with van der Waals surface area (Å²) in [6, 6.07) is 6.10. The van der Waals surface area contributed by atoms with Crippen LogP contribution in [0.1, 0.15) is 37.0 Å². The van der Waals surface area contributed by atoms with E-state index in [1.54, 1.807) is 7.11 Å². The van der Waals surface area contributed by atoms with Crippen molar-refractivity contribution in [2.45, 2.75) is 33.6 Å². The van der Waals surface area contributed by atoms with Gasteiger partial charge >= 0.3 is 0 Å². The standard InChI is InChI=1S/C18H19IN2O2/c1-9(2)18-21-17(11(4)23-18)14-8-13(19)12-6-7-15(22-5)10(3)16(12)20-14/h6-9H,1-5H3. The summed E-state index contributed by atoms with van der Waals surface area (Å²) in [6.07, 6.45) is 0. The van der Waals surface area contributed by atoms with Crippen LogP contribution in [0.3, 0.4) is 0 Å². The van der Waals surface area contributed by atoms with Crippen LogP contribution in [-0.4, -0.2) is 17.1 Å². The number of ether oxygens (including phenoxy) is 1. The number of rotatable bonds is 3. The Bertz CT molecular complexity index is 884. The van der Waals surface area contributed by atoms with Gasteiger partial charge in [0.25, 0.3) is 0 Å². The maximum Gasteiger partial charge on any atom is 0.197 e. The summed E-state index contributed by atoms with van der Waals surface area (Å²) in [5.74, 6) is 2.65. The maximum atomic E-state index is 5.78. The molecule has 0 aliphatic heterocycles. The van der Waals surface area contributed by atoms with Crippen molar-refractivity contribution in [1.82, 2.24) is 9.97 Å². The molecule has 120 valence electrons. The van der Waals surface area contributed by atoms with Gasteiger partial charge in [-0.15, -0.1) is 0 Å². The van der Waals surface area contributed by atoms with Gasteiger partial charge in [0.2, 0.25) is 0 Å². The lowest BCUT2D eigenvalue weighted by Gasteiger charge is -2.10. The topological polar surface area (TPSA) is 48.2 Å². The highest BCUT2D eigenvalue weighted by Gasteiger charge is 2.17. The van der Waals surface area contributed by atoms with Crippen molar-refractivity contribution in [3.05, 3.63) is 39.0 Å². The second-order valence-electron chi connectivity index (χ2n) is 5.89. The molecule has 2 heterocycles. The number of methoxy groups -OCH3 is 1. The predicted molar refractivity (Wildman–Crippen MR) is 100 cm³/mol. The molecule has 0 atom stereocenters. The Morgan fingerprint density at radius 2 is 1.91 bits per heavy atom. The molecule has 0 N–H and O–H groups in total. The molecular weight excluding hydrogens is 403 g/mol. The molecule has 4 nitrogen and oxygen atoms in total. The lowest BCUT2D eigenvalue weighted by molar-refractivity contribution is 0.412. The number of benzene rings is 1. The van der Waals surface area contributed by atoms with E-state index in [0.29, 0.717) is 0 Å². The van der Waals surface area contributed by atoms with Crippen LogP contribution in [0.4, 0.5) is 0 Å². The number of fused-ring (bicyclic) bond motifs is 1. The smallest absolute Gasteiger partial charge is 0.197 e. The molecule has 23 heavy (non-hydrogen) atoms. The Kier molecular flexibility index (Phi) is 4.31. The molecule has 1 aromatic carbocycles. The third-order valence-corrected chi connectivity index (χ3v) is 4.80. The molecule has 2 aromatic heterocycles. The normalized spacial score (nSPS) is 11.4. The van der Waals surface area contributed by atoms with Crippen LogP contribution in [0.2, 0.25) is 0 Å². The number of hydrogen-bond acceptors (Lipinski definition) is 4. The fourth-order valence-electron chi connectivity index (χ4n) is 2.61. The van der Waals surface area contributed by atoms with Gasteiger partial charge in [0.1, 0.15) is 17.2 Å². The van der Waals surface area contributed by atoms with Crippen LogP contribution < -0.4 is 4.74 Å². The van der Waals surface area contributed by atoms with Gasteiger partial charge in [0.15, 0.2) is 5.89 Å². The molecule has 0 radical (unpaired) electrons. The molecule has 0 unspecified atom stereocenters. The summed E-state index contributed by atoms with van der Waals surface area (Å²) in [6.45, 7) is 8.11. The van der Waals surface area contributed by atoms with Crippen LogP contribution in [0, 0.1) is 17.4 Å². The third-order valence-electron chi connectivity index (χ3n) is 3.90.